The number of rotatable bonds is 4. The zero-order valence-electron chi connectivity index (χ0n) is 7.13. The molecule has 0 aliphatic heterocycles. The summed E-state index contributed by atoms with van der Waals surface area (Å²) < 4.78 is 17.6. The van der Waals surface area contributed by atoms with Crippen LogP contribution >= 0.6 is 0 Å². The summed E-state index contributed by atoms with van der Waals surface area (Å²) in [5.74, 6) is -0.244. The van der Waals surface area contributed by atoms with Gasteiger partial charge in [-0.15, -0.1) is 0 Å². The number of methoxy groups -OCH3 is 1. The first-order chi connectivity index (χ1) is 6.27. The van der Waals surface area contributed by atoms with Crippen molar-refractivity contribution in [2.24, 2.45) is 0 Å². The van der Waals surface area contributed by atoms with Crippen molar-refractivity contribution < 1.29 is 13.9 Å². The molecule has 0 bridgehead atoms. The predicted molar refractivity (Wildman–Crippen MR) is 45.5 cm³/mol. The van der Waals surface area contributed by atoms with E-state index in [1.807, 2.05) is 0 Å². The van der Waals surface area contributed by atoms with Gasteiger partial charge in [0.25, 0.3) is 0 Å². The van der Waals surface area contributed by atoms with E-state index < -0.39 is 5.82 Å². The van der Waals surface area contributed by atoms with E-state index in [2.05, 4.69) is 5.32 Å². The standard InChI is InChI=1S/C9H9FNO2/c1-13-9-4-7(5-11-6-12)2-3-8(9)10/h2-4H,5H2,1H3,(H,11,12). The Morgan fingerprint density at radius 1 is 1.62 bits per heavy atom. The minimum atomic E-state index is -0.415. The monoisotopic (exact) mass is 182 g/mol. The van der Waals surface area contributed by atoms with E-state index in [9.17, 15) is 9.18 Å². The van der Waals surface area contributed by atoms with Gasteiger partial charge in [0.1, 0.15) is 0 Å². The Kier molecular flexibility index (Phi) is 3.25. The second-order valence-electron chi connectivity index (χ2n) is 2.42. The number of hydrogen-bond donors (Lipinski definition) is 1. The molecule has 0 unspecified atom stereocenters. The largest absolute Gasteiger partial charge is 0.494 e. The number of amides is 1. The molecule has 4 heteroatoms. The van der Waals surface area contributed by atoms with Gasteiger partial charge in [0.05, 0.1) is 7.11 Å². The molecular formula is C9H9FNO2. The molecular weight excluding hydrogens is 173 g/mol. The number of ether oxygens (including phenoxy) is 1. The van der Waals surface area contributed by atoms with E-state index in [0.717, 1.165) is 5.56 Å². The van der Waals surface area contributed by atoms with Crippen LogP contribution in [0.5, 0.6) is 5.75 Å². The molecule has 1 N–H and O–H groups in total. The highest BCUT2D eigenvalue weighted by atomic mass is 19.1. The lowest BCUT2D eigenvalue weighted by Gasteiger charge is -2.04. The maximum atomic E-state index is 12.9. The van der Waals surface area contributed by atoms with Crippen molar-refractivity contribution in [3.8, 4) is 5.75 Å². The maximum Gasteiger partial charge on any atom is 0.309 e. The van der Waals surface area contributed by atoms with E-state index in [1.165, 1.54) is 25.7 Å². The molecule has 0 atom stereocenters. The molecule has 1 rings (SSSR count). The van der Waals surface area contributed by atoms with E-state index in [4.69, 9.17) is 4.74 Å². The first-order valence-corrected chi connectivity index (χ1v) is 3.70. The van der Waals surface area contributed by atoms with E-state index in [0.29, 0.717) is 6.54 Å². The number of halogens is 1. The molecule has 0 saturated carbocycles. The van der Waals surface area contributed by atoms with Crippen molar-refractivity contribution in [2.45, 2.75) is 6.54 Å². The maximum absolute atomic E-state index is 12.9. The van der Waals surface area contributed by atoms with Crippen molar-refractivity contribution in [3.63, 3.8) is 0 Å². The molecule has 0 fully saturated rings. The van der Waals surface area contributed by atoms with Gasteiger partial charge in [-0.3, -0.25) is 4.79 Å². The summed E-state index contributed by atoms with van der Waals surface area (Å²) >= 11 is 0. The Morgan fingerprint density at radius 3 is 3.00 bits per heavy atom. The molecule has 0 heterocycles. The van der Waals surface area contributed by atoms with Gasteiger partial charge < -0.3 is 10.1 Å². The molecule has 0 aliphatic rings. The molecule has 1 amide bonds. The van der Waals surface area contributed by atoms with Crippen LogP contribution in [0.2, 0.25) is 0 Å². The van der Waals surface area contributed by atoms with Gasteiger partial charge in [-0.25, -0.2) is 4.39 Å². The average Bonchev–Trinajstić information content (AvgIpc) is 2.16. The van der Waals surface area contributed by atoms with E-state index in [1.54, 1.807) is 6.07 Å². The van der Waals surface area contributed by atoms with Crippen LogP contribution in [0.25, 0.3) is 0 Å². The van der Waals surface area contributed by atoms with Crippen LogP contribution in [-0.2, 0) is 11.3 Å². The van der Waals surface area contributed by atoms with Crippen molar-refractivity contribution in [3.05, 3.63) is 29.6 Å². The van der Waals surface area contributed by atoms with Crippen LogP contribution in [-0.4, -0.2) is 13.5 Å². The highest BCUT2D eigenvalue weighted by molar-refractivity contribution is 5.47. The highest BCUT2D eigenvalue weighted by Crippen LogP contribution is 2.17. The Balaban J connectivity index is 2.79. The fourth-order valence-electron chi connectivity index (χ4n) is 0.952. The lowest BCUT2D eigenvalue weighted by Crippen LogP contribution is -2.09. The molecule has 69 valence electrons. The summed E-state index contributed by atoms with van der Waals surface area (Å²) in [6, 6.07) is 4.39. The Bertz CT molecular complexity index is 302. The normalized spacial score (nSPS) is 9.38. The van der Waals surface area contributed by atoms with Crippen LogP contribution in [0, 0.1) is 5.82 Å². The zero-order valence-corrected chi connectivity index (χ0v) is 7.13. The zero-order chi connectivity index (χ0) is 9.68. The number of benzene rings is 1. The molecule has 1 aromatic carbocycles. The minimum Gasteiger partial charge on any atom is -0.494 e. The Hall–Kier alpha value is -1.58. The van der Waals surface area contributed by atoms with Gasteiger partial charge in [-0.1, -0.05) is 6.07 Å². The molecule has 0 aliphatic carbocycles. The fourth-order valence-corrected chi connectivity index (χ4v) is 0.952. The molecule has 1 aromatic rings. The number of hydrogen-bond acceptors (Lipinski definition) is 2. The lowest BCUT2D eigenvalue weighted by molar-refractivity contribution is 0.386. The summed E-state index contributed by atoms with van der Waals surface area (Å²) in [7, 11) is 1.39. The van der Waals surface area contributed by atoms with Gasteiger partial charge >= 0.3 is 6.41 Å². The second kappa shape index (κ2) is 4.45. The van der Waals surface area contributed by atoms with Gasteiger partial charge in [0, 0.05) is 6.54 Å². The van der Waals surface area contributed by atoms with Gasteiger partial charge in [-0.2, -0.15) is 0 Å². The average molecular weight is 182 g/mol. The third kappa shape index (κ3) is 2.43. The van der Waals surface area contributed by atoms with Crippen LogP contribution in [0.3, 0.4) is 0 Å². The van der Waals surface area contributed by atoms with Crippen LogP contribution in [0.1, 0.15) is 5.56 Å². The Morgan fingerprint density at radius 2 is 2.38 bits per heavy atom. The quantitative estimate of drug-likeness (QED) is 0.705. The fraction of sp³-hybridized carbons (Fsp3) is 0.222. The summed E-state index contributed by atoms with van der Waals surface area (Å²) in [6.07, 6.45) is 1.53. The van der Waals surface area contributed by atoms with Crippen molar-refractivity contribution in [1.82, 2.24) is 5.32 Å². The summed E-state index contributed by atoms with van der Waals surface area (Å²) in [6.45, 7) is 0.320. The SMILES string of the molecule is COc1cc(CN[C]=O)ccc1F. The Labute approximate surface area is 75.5 Å². The summed E-state index contributed by atoms with van der Waals surface area (Å²) in [4.78, 5) is 9.86. The smallest absolute Gasteiger partial charge is 0.309 e. The first-order valence-electron chi connectivity index (χ1n) is 3.70. The van der Waals surface area contributed by atoms with E-state index in [-0.39, 0.29) is 5.75 Å². The predicted octanol–water partition coefficient (Wildman–Crippen LogP) is 0.991. The topological polar surface area (TPSA) is 38.3 Å². The molecule has 1 radical (unpaired) electrons. The third-order valence-corrected chi connectivity index (χ3v) is 1.58. The van der Waals surface area contributed by atoms with Crippen molar-refractivity contribution in [2.75, 3.05) is 7.11 Å². The molecule has 13 heavy (non-hydrogen) atoms. The number of nitrogens with one attached hydrogen (secondary N) is 1. The minimum absolute atomic E-state index is 0.171. The van der Waals surface area contributed by atoms with Gasteiger partial charge in [-0.05, 0) is 17.7 Å². The third-order valence-electron chi connectivity index (χ3n) is 1.58. The van der Waals surface area contributed by atoms with Gasteiger partial charge in [0.15, 0.2) is 11.6 Å². The summed E-state index contributed by atoms with van der Waals surface area (Å²) in [5, 5.41) is 2.35. The van der Waals surface area contributed by atoms with Crippen molar-refractivity contribution >= 4 is 6.41 Å². The van der Waals surface area contributed by atoms with Crippen LogP contribution in [0.4, 0.5) is 4.39 Å². The van der Waals surface area contributed by atoms with Crippen LogP contribution < -0.4 is 10.1 Å². The van der Waals surface area contributed by atoms with Crippen LogP contribution in [0.15, 0.2) is 18.2 Å². The molecule has 3 nitrogen and oxygen atoms in total. The van der Waals surface area contributed by atoms with Crippen molar-refractivity contribution in [1.29, 1.82) is 0 Å². The lowest BCUT2D eigenvalue weighted by atomic mass is 10.2. The second-order valence-corrected chi connectivity index (χ2v) is 2.42. The molecule has 0 saturated heterocycles. The molecule has 0 spiro atoms. The number of carbonyl (C=O) groups excluding carboxylic acids is 1. The summed E-state index contributed by atoms with van der Waals surface area (Å²) in [5.41, 5.74) is 0.765. The molecule has 0 aromatic heterocycles. The highest BCUT2D eigenvalue weighted by Gasteiger charge is 2.02. The van der Waals surface area contributed by atoms with Gasteiger partial charge in [0.2, 0.25) is 0 Å². The first kappa shape index (κ1) is 9.51. The van der Waals surface area contributed by atoms with E-state index >= 15 is 0 Å².